The second kappa shape index (κ2) is 7.87. The minimum atomic E-state index is -0.530. The van der Waals surface area contributed by atoms with E-state index in [1.54, 1.807) is 18.3 Å². The maximum atomic E-state index is 12.3. The van der Waals surface area contributed by atoms with Crippen LogP contribution in [-0.2, 0) is 17.6 Å². The first-order valence-corrected chi connectivity index (χ1v) is 11.1. The normalized spacial score (nSPS) is 17.8. The number of aromatic nitrogens is 2. The molecule has 7 nitrogen and oxygen atoms in total. The number of nitrogen functional groups attached to an aromatic ring is 1. The van der Waals surface area contributed by atoms with Gasteiger partial charge in [0.25, 0.3) is 0 Å². The smallest absolute Gasteiger partial charge is 0.321 e. The summed E-state index contributed by atoms with van der Waals surface area (Å²) >= 11 is 2.87. The van der Waals surface area contributed by atoms with Crippen LogP contribution in [0.4, 0.5) is 10.6 Å². The second-order valence-electron chi connectivity index (χ2n) is 8.38. The maximum Gasteiger partial charge on any atom is 0.321 e. The summed E-state index contributed by atoms with van der Waals surface area (Å²) in [6, 6.07) is -0.513. The molecule has 2 aromatic heterocycles. The van der Waals surface area contributed by atoms with Crippen LogP contribution in [-0.4, -0.2) is 32.7 Å². The topological polar surface area (TPSA) is 110 Å². The number of aryl methyl sites for hydroxylation is 1. The number of imide groups is 1. The lowest BCUT2D eigenvalue weighted by molar-refractivity contribution is -0.119. The molecule has 3 amide bonds. The first kappa shape index (κ1) is 20.9. The Balaban J connectivity index is 1.73. The molecule has 0 radical (unpaired) electrons. The average Bonchev–Trinajstić information content (AvgIpc) is 2.90. The van der Waals surface area contributed by atoms with Gasteiger partial charge in [-0.3, -0.25) is 10.1 Å². The summed E-state index contributed by atoms with van der Waals surface area (Å²) in [4.78, 5) is 35.5. The van der Waals surface area contributed by atoms with Crippen LogP contribution in [0.1, 0.15) is 51.5 Å². The van der Waals surface area contributed by atoms with Crippen molar-refractivity contribution in [3.05, 3.63) is 10.4 Å². The number of amides is 3. The quantitative estimate of drug-likeness (QED) is 0.517. The van der Waals surface area contributed by atoms with Crippen molar-refractivity contribution in [3.63, 3.8) is 0 Å². The van der Waals surface area contributed by atoms with Crippen molar-refractivity contribution < 1.29 is 9.59 Å². The lowest BCUT2D eigenvalue weighted by atomic mass is 9.89. The van der Waals surface area contributed by atoms with Crippen molar-refractivity contribution in [2.24, 2.45) is 5.92 Å². The Morgan fingerprint density at radius 2 is 2.04 bits per heavy atom. The molecule has 1 aliphatic carbocycles. The molecular weight excluding hydrogens is 394 g/mol. The summed E-state index contributed by atoms with van der Waals surface area (Å²) in [5, 5.41) is 5.96. The van der Waals surface area contributed by atoms with Gasteiger partial charge in [0.15, 0.2) is 5.16 Å². The van der Waals surface area contributed by atoms with Crippen molar-refractivity contribution in [1.29, 1.82) is 0 Å². The highest BCUT2D eigenvalue weighted by Gasteiger charge is 2.25. The number of rotatable bonds is 3. The van der Waals surface area contributed by atoms with E-state index in [0.29, 0.717) is 16.9 Å². The van der Waals surface area contributed by atoms with Gasteiger partial charge in [-0.25, -0.2) is 14.8 Å². The summed E-state index contributed by atoms with van der Waals surface area (Å²) in [5.74, 6) is 0.748. The van der Waals surface area contributed by atoms with E-state index < -0.39 is 22.7 Å². The number of thioether (sulfide) groups is 1. The van der Waals surface area contributed by atoms with Gasteiger partial charge in [-0.2, -0.15) is 0 Å². The van der Waals surface area contributed by atoms with Gasteiger partial charge in [-0.1, -0.05) is 18.7 Å². The maximum absolute atomic E-state index is 12.3. The minimum Gasteiger partial charge on any atom is -0.383 e. The van der Waals surface area contributed by atoms with Gasteiger partial charge in [-0.05, 0) is 58.4 Å². The number of carbonyl (C=O) groups excluding carboxylic acids is 2. The summed E-state index contributed by atoms with van der Waals surface area (Å²) < 4.78 is 0. The van der Waals surface area contributed by atoms with E-state index in [-0.39, 0.29) is 0 Å². The molecule has 152 valence electrons. The Labute approximate surface area is 173 Å². The third-order valence-corrected chi connectivity index (χ3v) is 6.65. The molecule has 3 rings (SSSR count). The number of nitrogens with zero attached hydrogens (tertiary/aromatic N) is 2. The number of carbonyl (C=O) groups is 2. The lowest BCUT2D eigenvalue weighted by Crippen LogP contribution is -2.49. The molecular formula is C19H27N5O2S2. The highest BCUT2D eigenvalue weighted by atomic mass is 32.2. The molecule has 2 atom stereocenters. The molecule has 0 aliphatic heterocycles. The summed E-state index contributed by atoms with van der Waals surface area (Å²) in [7, 11) is 0. The fourth-order valence-electron chi connectivity index (χ4n) is 3.20. The standard InChI is InChI=1S/C19H27N5O2S2/c1-9-6-7-11-12(8-9)28-16-13(11)14(20)21-18(23-16)27-10(2)15(25)22-17(26)24-19(3,4)5/h9-10H,6-8H2,1-5H3,(H2,20,21,23)(H2,22,24,25,26). The molecule has 4 N–H and O–H groups in total. The average molecular weight is 422 g/mol. The minimum absolute atomic E-state index is 0.395. The number of hydrogen-bond acceptors (Lipinski definition) is 7. The SMILES string of the molecule is CC1CCc2c(sc3nc(SC(C)C(=O)NC(=O)NC(C)(C)C)nc(N)c23)C1. The Kier molecular flexibility index (Phi) is 5.86. The zero-order valence-electron chi connectivity index (χ0n) is 16.9. The molecule has 0 bridgehead atoms. The van der Waals surface area contributed by atoms with Crippen LogP contribution in [0, 0.1) is 5.92 Å². The van der Waals surface area contributed by atoms with Crippen molar-refractivity contribution >= 4 is 51.1 Å². The number of nitrogens with two attached hydrogens (primary N) is 1. The van der Waals surface area contributed by atoms with E-state index in [2.05, 4.69) is 27.5 Å². The van der Waals surface area contributed by atoms with Crippen LogP contribution in [0.2, 0.25) is 0 Å². The Hall–Kier alpha value is -1.87. The largest absolute Gasteiger partial charge is 0.383 e. The first-order valence-electron chi connectivity index (χ1n) is 9.41. The Morgan fingerprint density at radius 1 is 1.32 bits per heavy atom. The van der Waals surface area contributed by atoms with Gasteiger partial charge < -0.3 is 11.1 Å². The highest BCUT2D eigenvalue weighted by Crippen LogP contribution is 2.40. The monoisotopic (exact) mass is 421 g/mol. The zero-order chi connectivity index (χ0) is 20.6. The van der Waals surface area contributed by atoms with Crippen molar-refractivity contribution in [3.8, 4) is 0 Å². The van der Waals surface area contributed by atoms with Crippen LogP contribution in [0.5, 0.6) is 0 Å². The van der Waals surface area contributed by atoms with Gasteiger partial charge in [0, 0.05) is 10.4 Å². The van der Waals surface area contributed by atoms with Gasteiger partial charge in [-0.15, -0.1) is 11.3 Å². The third-order valence-electron chi connectivity index (χ3n) is 4.54. The molecule has 2 heterocycles. The number of anilines is 1. The molecule has 0 saturated heterocycles. The predicted octanol–water partition coefficient (Wildman–Crippen LogP) is 3.50. The molecule has 2 aromatic rings. The van der Waals surface area contributed by atoms with Crippen molar-refractivity contribution in [1.82, 2.24) is 20.6 Å². The van der Waals surface area contributed by atoms with Crippen molar-refractivity contribution in [2.45, 2.75) is 69.8 Å². The molecule has 0 fully saturated rings. The highest BCUT2D eigenvalue weighted by molar-refractivity contribution is 8.00. The van der Waals surface area contributed by atoms with E-state index in [1.165, 1.54) is 22.2 Å². The number of nitrogens with one attached hydrogen (secondary N) is 2. The predicted molar refractivity (Wildman–Crippen MR) is 115 cm³/mol. The second-order valence-corrected chi connectivity index (χ2v) is 10.8. The third kappa shape index (κ3) is 4.75. The van der Waals surface area contributed by atoms with E-state index in [0.717, 1.165) is 29.5 Å². The number of urea groups is 1. The molecule has 0 aromatic carbocycles. The molecule has 9 heteroatoms. The fraction of sp³-hybridized carbons (Fsp3) is 0.579. The summed E-state index contributed by atoms with van der Waals surface area (Å²) in [6.07, 6.45) is 3.22. The molecule has 1 aliphatic rings. The van der Waals surface area contributed by atoms with E-state index in [1.807, 2.05) is 20.8 Å². The van der Waals surface area contributed by atoms with Gasteiger partial charge in [0.2, 0.25) is 5.91 Å². The molecule has 0 spiro atoms. The Bertz CT molecular complexity index is 919. The molecule has 2 unspecified atom stereocenters. The van der Waals surface area contributed by atoms with Crippen LogP contribution >= 0.6 is 23.1 Å². The number of fused-ring (bicyclic) bond motifs is 3. The number of hydrogen-bond donors (Lipinski definition) is 3. The van der Waals surface area contributed by atoms with E-state index in [4.69, 9.17) is 5.73 Å². The molecule has 28 heavy (non-hydrogen) atoms. The van der Waals surface area contributed by atoms with Gasteiger partial charge >= 0.3 is 6.03 Å². The van der Waals surface area contributed by atoms with Crippen LogP contribution in [0.15, 0.2) is 5.16 Å². The van der Waals surface area contributed by atoms with Crippen LogP contribution < -0.4 is 16.4 Å². The number of thiophene rings is 1. The molecule has 0 saturated carbocycles. The first-order chi connectivity index (χ1) is 13.0. The lowest BCUT2D eigenvalue weighted by Gasteiger charge is -2.21. The van der Waals surface area contributed by atoms with E-state index >= 15 is 0 Å². The van der Waals surface area contributed by atoms with Crippen molar-refractivity contribution in [2.75, 3.05) is 5.73 Å². The van der Waals surface area contributed by atoms with Gasteiger partial charge in [0.1, 0.15) is 10.6 Å². The Morgan fingerprint density at radius 3 is 2.71 bits per heavy atom. The van der Waals surface area contributed by atoms with E-state index in [9.17, 15) is 9.59 Å². The van der Waals surface area contributed by atoms with Crippen LogP contribution in [0.3, 0.4) is 0 Å². The summed E-state index contributed by atoms with van der Waals surface area (Å²) in [6.45, 7) is 9.53. The summed E-state index contributed by atoms with van der Waals surface area (Å²) in [5.41, 5.74) is 7.11. The van der Waals surface area contributed by atoms with Gasteiger partial charge in [0.05, 0.1) is 10.6 Å². The van der Waals surface area contributed by atoms with Crippen LogP contribution in [0.25, 0.3) is 10.2 Å². The zero-order valence-corrected chi connectivity index (χ0v) is 18.5. The fourth-order valence-corrected chi connectivity index (χ4v) is 5.43.